The fraction of sp³-hybridized carbons (Fsp3) is 0.125. The first-order valence-corrected chi connectivity index (χ1v) is 6.70. The van der Waals surface area contributed by atoms with Gasteiger partial charge in [-0.25, -0.2) is 8.78 Å². The van der Waals surface area contributed by atoms with Crippen LogP contribution in [0.4, 0.5) is 14.5 Å². The van der Waals surface area contributed by atoms with E-state index < -0.39 is 0 Å². The van der Waals surface area contributed by atoms with Crippen molar-refractivity contribution in [1.29, 1.82) is 0 Å². The Bertz CT molecular complexity index is 784. The molecule has 0 atom stereocenters. The molecule has 4 nitrogen and oxygen atoms in total. The predicted octanol–water partition coefficient (Wildman–Crippen LogP) is 3.94. The Kier molecular flexibility index (Phi) is 3.82. The second-order valence-corrected chi connectivity index (χ2v) is 4.82. The molecule has 2 aromatic carbocycles. The molecule has 0 fully saturated rings. The molecule has 1 heterocycles. The Balaban J connectivity index is 1.72. The van der Waals surface area contributed by atoms with Crippen molar-refractivity contribution in [3.8, 4) is 11.5 Å². The lowest BCUT2D eigenvalue weighted by Crippen LogP contribution is -2.01. The van der Waals surface area contributed by atoms with Gasteiger partial charge in [-0.15, -0.1) is 10.2 Å². The average molecular weight is 301 g/mol. The molecule has 0 spiro atoms. The van der Waals surface area contributed by atoms with Crippen LogP contribution in [0.5, 0.6) is 0 Å². The molecule has 0 radical (unpaired) electrons. The molecule has 0 amide bonds. The Morgan fingerprint density at radius 3 is 2.50 bits per heavy atom. The second-order valence-electron chi connectivity index (χ2n) is 4.82. The highest BCUT2D eigenvalue weighted by molar-refractivity contribution is 5.52. The van der Waals surface area contributed by atoms with Crippen molar-refractivity contribution in [3.63, 3.8) is 0 Å². The topological polar surface area (TPSA) is 51.0 Å². The van der Waals surface area contributed by atoms with E-state index in [4.69, 9.17) is 4.42 Å². The van der Waals surface area contributed by atoms with Crippen LogP contribution in [0.3, 0.4) is 0 Å². The summed E-state index contributed by atoms with van der Waals surface area (Å²) in [6.07, 6.45) is 0. The van der Waals surface area contributed by atoms with Crippen LogP contribution in [-0.4, -0.2) is 10.2 Å². The van der Waals surface area contributed by atoms with Gasteiger partial charge in [-0.2, -0.15) is 0 Å². The van der Waals surface area contributed by atoms with Gasteiger partial charge in [0, 0.05) is 11.3 Å². The van der Waals surface area contributed by atoms with Crippen LogP contribution in [-0.2, 0) is 6.54 Å². The number of rotatable bonds is 4. The lowest BCUT2D eigenvalue weighted by Gasteiger charge is -2.07. The fourth-order valence-corrected chi connectivity index (χ4v) is 1.99. The van der Waals surface area contributed by atoms with Crippen molar-refractivity contribution in [2.24, 2.45) is 0 Å². The van der Waals surface area contributed by atoms with E-state index in [1.54, 1.807) is 18.2 Å². The minimum Gasteiger partial charge on any atom is -0.419 e. The summed E-state index contributed by atoms with van der Waals surface area (Å²) in [5.41, 5.74) is 2.23. The minimum absolute atomic E-state index is 0.276. The molecule has 3 rings (SSSR count). The molecule has 0 aliphatic rings. The van der Waals surface area contributed by atoms with Crippen LogP contribution in [0.15, 0.2) is 46.9 Å². The summed E-state index contributed by atoms with van der Waals surface area (Å²) in [6, 6.07) is 10.3. The summed E-state index contributed by atoms with van der Waals surface area (Å²) < 4.78 is 31.6. The predicted molar refractivity (Wildman–Crippen MR) is 78.2 cm³/mol. The van der Waals surface area contributed by atoms with Gasteiger partial charge < -0.3 is 9.73 Å². The molecule has 1 aromatic heterocycles. The monoisotopic (exact) mass is 301 g/mol. The molecule has 6 heteroatoms. The van der Waals surface area contributed by atoms with Gasteiger partial charge in [0.25, 0.3) is 0 Å². The van der Waals surface area contributed by atoms with E-state index >= 15 is 0 Å². The Morgan fingerprint density at radius 2 is 1.73 bits per heavy atom. The van der Waals surface area contributed by atoms with E-state index in [9.17, 15) is 8.78 Å². The van der Waals surface area contributed by atoms with Gasteiger partial charge >= 0.3 is 0 Å². The van der Waals surface area contributed by atoms with Gasteiger partial charge in [0.2, 0.25) is 11.8 Å². The normalized spacial score (nSPS) is 10.7. The van der Waals surface area contributed by atoms with Crippen LogP contribution in [0.25, 0.3) is 11.5 Å². The smallest absolute Gasteiger partial charge is 0.247 e. The van der Waals surface area contributed by atoms with E-state index in [0.717, 1.165) is 5.56 Å². The Hall–Kier alpha value is -2.76. The summed E-state index contributed by atoms with van der Waals surface area (Å²) in [6.45, 7) is 2.15. The van der Waals surface area contributed by atoms with E-state index in [1.165, 1.54) is 24.3 Å². The zero-order valence-electron chi connectivity index (χ0n) is 11.8. The third-order valence-corrected chi connectivity index (χ3v) is 3.19. The standard InChI is InChI=1S/C16H13F2N3O/c1-10-2-5-13(18)8-14(10)19-9-15-20-21-16(22-15)11-3-6-12(17)7-4-11/h2-8,19H,9H2,1H3. The van der Waals surface area contributed by atoms with Crippen molar-refractivity contribution in [2.75, 3.05) is 5.32 Å². The number of nitrogens with zero attached hydrogens (tertiary/aromatic N) is 2. The summed E-state index contributed by atoms with van der Waals surface area (Å²) in [4.78, 5) is 0. The number of nitrogens with one attached hydrogen (secondary N) is 1. The minimum atomic E-state index is -0.327. The van der Waals surface area contributed by atoms with Crippen molar-refractivity contribution in [2.45, 2.75) is 13.5 Å². The molecule has 0 aliphatic heterocycles. The van der Waals surface area contributed by atoms with E-state index in [0.29, 0.717) is 23.0 Å². The third kappa shape index (κ3) is 3.11. The first-order chi connectivity index (χ1) is 10.6. The van der Waals surface area contributed by atoms with Gasteiger partial charge in [0.05, 0.1) is 6.54 Å². The molecule has 3 aromatic rings. The zero-order valence-corrected chi connectivity index (χ0v) is 11.8. The maximum absolute atomic E-state index is 13.2. The molecule has 0 saturated heterocycles. The molecular formula is C16H13F2N3O. The molecule has 0 bridgehead atoms. The highest BCUT2D eigenvalue weighted by Crippen LogP contribution is 2.20. The molecule has 112 valence electrons. The van der Waals surface area contributed by atoms with Gasteiger partial charge in [0.1, 0.15) is 11.6 Å². The maximum atomic E-state index is 13.2. The van der Waals surface area contributed by atoms with Crippen molar-refractivity contribution in [3.05, 3.63) is 65.6 Å². The number of benzene rings is 2. The molecular weight excluding hydrogens is 288 g/mol. The Morgan fingerprint density at radius 1 is 1.00 bits per heavy atom. The highest BCUT2D eigenvalue weighted by Gasteiger charge is 2.09. The van der Waals surface area contributed by atoms with Gasteiger partial charge in [-0.1, -0.05) is 6.07 Å². The van der Waals surface area contributed by atoms with E-state index in [-0.39, 0.29) is 18.2 Å². The van der Waals surface area contributed by atoms with E-state index in [1.807, 2.05) is 6.92 Å². The summed E-state index contributed by atoms with van der Waals surface area (Å²) >= 11 is 0. The van der Waals surface area contributed by atoms with Crippen molar-refractivity contribution >= 4 is 5.69 Å². The number of hydrogen-bond acceptors (Lipinski definition) is 4. The number of aromatic nitrogens is 2. The molecule has 22 heavy (non-hydrogen) atoms. The van der Waals surface area contributed by atoms with Crippen LogP contribution >= 0.6 is 0 Å². The number of aryl methyl sites for hydroxylation is 1. The number of anilines is 1. The van der Waals surface area contributed by atoms with Crippen LogP contribution < -0.4 is 5.32 Å². The number of hydrogen-bond donors (Lipinski definition) is 1. The molecule has 1 N–H and O–H groups in total. The summed E-state index contributed by atoms with van der Waals surface area (Å²) in [5, 5.41) is 10.9. The van der Waals surface area contributed by atoms with Crippen molar-refractivity contribution < 1.29 is 13.2 Å². The molecule has 0 aliphatic carbocycles. The summed E-state index contributed by atoms with van der Waals surface area (Å²) in [7, 11) is 0. The van der Waals surface area contributed by atoms with Crippen LogP contribution in [0.1, 0.15) is 11.5 Å². The SMILES string of the molecule is Cc1ccc(F)cc1NCc1nnc(-c2ccc(F)cc2)o1. The van der Waals surface area contributed by atoms with Crippen molar-refractivity contribution in [1.82, 2.24) is 10.2 Å². The number of halogens is 2. The lowest BCUT2D eigenvalue weighted by molar-refractivity contribution is 0.514. The molecule has 0 saturated carbocycles. The second kappa shape index (κ2) is 5.93. The first-order valence-electron chi connectivity index (χ1n) is 6.70. The largest absolute Gasteiger partial charge is 0.419 e. The quantitative estimate of drug-likeness (QED) is 0.793. The van der Waals surface area contributed by atoms with Gasteiger partial charge in [0.15, 0.2) is 0 Å². The third-order valence-electron chi connectivity index (χ3n) is 3.19. The first kappa shape index (κ1) is 14.2. The Labute approximate surface area is 125 Å². The zero-order chi connectivity index (χ0) is 15.5. The van der Waals surface area contributed by atoms with Crippen LogP contribution in [0.2, 0.25) is 0 Å². The van der Waals surface area contributed by atoms with Crippen LogP contribution in [0, 0.1) is 18.6 Å². The van der Waals surface area contributed by atoms with E-state index in [2.05, 4.69) is 15.5 Å². The highest BCUT2D eigenvalue weighted by atomic mass is 19.1. The molecule has 0 unspecified atom stereocenters. The lowest BCUT2D eigenvalue weighted by atomic mass is 10.2. The van der Waals surface area contributed by atoms with Gasteiger partial charge in [-0.05, 0) is 48.9 Å². The summed E-state index contributed by atoms with van der Waals surface area (Å²) in [5.74, 6) is 0.0353. The van der Waals surface area contributed by atoms with Gasteiger partial charge in [-0.3, -0.25) is 0 Å². The maximum Gasteiger partial charge on any atom is 0.247 e. The average Bonchev–Trinajstić information content (AvgIpc) is 2.98. The fourth-order valence-electron chi connectivity index (χ4n) is 1.99.